The molecule has 94 valence electrons. The molecule has 0 fully saturated rings. The van der Waals surface area contributed by atoms with Gasteiger partial charge in [0.05, 0.1) is 5.02 Å². The van der Waals surface area contributed by atoms with Gasteiger partial charge in [-0.2, -0.15) is 5.10 Å². The lowest BCUT2D eigenvalue weighted by molar-refractivity contribution is 0.0966. The normalized spacial score (nSPS) is 10.6. The summed E-state index contributed by atoms with van der Waals surface area (Å²) in [5, 5.41) is 4.52. The zero-order valence-electron chi connectivity index (χ0n) is 9.43. The van der Waals surface area contributed by atoms with E-state index in [2.05, 4.69) is 5.10 Å². The highest BCUT2D eigenvalue weighted by molar-refractivity contribution is 6.36. The largest absolute Gasteiger partial charge is 0.345 e. The van der Waals surface area contributed by atoms with Crippen LogP contribution in [0.15, 0.2) is 29.3 Å². The molecule has 2 rings (SSSR count). The van der Waals surface area contributed by atoms with Crippen LogP contribution in [-0.2, 0) is 13.6 Å². The van der Waals surface area contributed by atoms with Crippen LogP contribution in [0.3, 0.4) is 0 Å². The lowest BCUT2D eigenvalue weighted by atomic mass is 10.1. The van der Waals surface area contributed by atoms with E-state index in [4.69, 9.17) is 23.2 Å². The maximum Gasteiger partial charge on any atom is 0.345 e. The molecule has 0 N–H and O–H groups in total. The maximum absolute atomic E-state index is 12.0. The highest BCUT2D eigenvalue weighted by atomic mass is 35.5. The van der Waals surface area contributed by atoms with E-state index in [0.717, 1.165) is 4.68 Å². The Balaban J connectivity index is 2.27. The fourth-order valence-corrected chi connectivity index (χ4v) is 1.98. The Kier molecular flexibility index (Phi) is 3.54. The van der Waals surface area contributed by atoms with E-state index < -0.39 is 0 Å². The van der Waals surface area contributed by atoms with Crippen molar-refractivity contribution < 1.29 is 4.79 Å². The second-order valence-corrected chi connectivity index (χ2v) is 4.57. The van der Waals surface area contributed by atoms with Gasteiger partial charge in [-0.15, -0.1) is 0 Å². The molecule has 1 aromatic heterocycles. The molecule has 0 atom stereocenters. The number of carbonyl (C=O) groups excluding carboxylic acids is 1. The average Bonchev–Trinajstić information content (AvgIpc) is 2.61. The van der Waals surface area contributed by atoms with Crippen molar-refractivity contribution in [2.75, 3.05) is 0 Å². The maximum atomic E-state index is 12.0. The first kappa shape index (κ1) is 12.9. The molecule has 2 aromatic rings. The molecule has 0 saturated carbocycles. The average molecular weight is 286 g/mol. The summed E-state index contributed by atoms with van der Waals surface area (Å²) in [4.78, 5) is 23.5. The third-order valence-corrected chi connectivity index (χ3v) is 2.96. The van der Waals surface area contributed by atoms with Crippen LogP contribution in [0.4, 0.5) is 0 Å². The molecule has 1 heterocycles. The quantitative estimate of drug-likeness (QED) is 0.808. The van der Waals surface area contributed by atoms with Crippen molar-refractivity contribution in [3.63, 3.8) is 0 Å². The van der Waals surface area contributed by atoms with Crippen LogP contribution in [0, 0.1) is 0 Å². The molecule has 0 bridgehead atoms. The van der Waals surface area contributed by atoms with Gasteiger partial charge in [0.25, 0.3) is 0 Å². The molecule has 5 nitrogen and oxygen atoms in total. The lowest BCUT2D eigenvalue weighted by Gasteiger charge is -2.03. The van der Waals surface area contributed by atoms with Crippen LogP contribution in [0.5, 0.6) is 0 Å². The molecule has 1 aromatic carbocycles. The summed E-state index contributed by atoms with van der Waals surface area (Å²) in [6.07, 6.45) is 1.35. The Morgan fingerprint density at radius 2 is 2.11 bits per heavy atom. The van der Waals surface area contributed by atoms with Crippen molar-refractivity contribution >= 4 is 29.0 Å². The van der Waals surface area contributed by atoms with E-state index in [-0.39, 0.29) is 23.0 Å². The van der Waals surface area contributed by atoms with Crippen molar-refractivity contribution in [3.8, 4) is 0 Å². The third-order valence-electron chi connectivity index (χ3n) is 2.41. The highest BCUT2D eigenvalue weighted by Crippen LogP contribution is 2.21. The Hall–Kier alpha value is -1.59. The number of hydrogen-bond donors (Lipinski definition) is 0. The Morgan fingerprint density at radius 3 is 2.67 bits per heavy atom. The molecular weight excluding hydrogens is 277 g/mol. The number of hydrogen-bond acceptors (Lipinski definition) is 3. The highest BCUT2D eigenvalue weighted by Gasteiger charge is 2.13. The minimum Gasteiger partial charge on any atom is -0.292 e. The Bertz CT molecular complexity index is 661. The number of carbonyl (C=O) groups is 1. The van der Waals surface area contributed by atoms with Gasteiger partial charge >= 0.3 is 5.69 Å². The van der Waals surface area contributed by atoms with Crippen LogP contribution >= 0.6 is 23.2 Å². The summed E-state index contributed by atoms with van der Waals surface area (Å²) in [6, 6.07) is 4.58. The fraction of sp³-hybridized carbons (Fsp3) is 0.182. The molecule has 0 unspecified atom stereocenters. The summed E-state index contributed by atoms with van der Waals surface area (Å²) in [7, 11) is 1.56. The van der Waals surface area contributed by atoms with Gasteiger partial charge < -0.3 is 0 Å². The number of aromatic nitrogens is 3. The summed E-state index contributed by atoms with van der Waals surface area (Å²) >= 11 is 11.7. The lowest BCUT2D eigenvalue weighted by Crippen LogP contribution is -2.26. The SMILES string of the molecule is Cn1cnn(CC(=O)c2ccc(Cl)cc2Cl)c1=O. The Labute approximate surface area is 113 Å². The summed E-state index contributed by atoms with van der Waals surface area (Å²) in [5.74, 6) is -0.294. The van der Waals surface area contributed by atoms with E-state index in [0.29, 0.717) is 10.6 Å². The van der Waals surface area contributed by atoms with Gasteiger partial charge in [0.1, 0.15) is 12.9 Å². The number of benzene rings is 1. The molecular formula is C11H9Cl2N3O2. The van der Waals surface area contributed by atoms with Gasteiger partial charge in [-0.05, 0) is 18.2 Å². The zero-order valence-corrected chi connectivity index (χ0v) is 10.9. The minimum absolute atomic E-state index is 0.152. The first-order valence-corrected chi connectivity index (χ1v) is 5.81. The van der Waals surface area contributed by atoms with E-state index >= 15 is 0 Å². The van der Waals surface area contributed by atoms with Crippen LogP contribution in [0.2, 0.25) is 10.0 Å². The molecule has 0 spiro atoms. The van der Waals surface area contributed by atoms with E-state index in [1.54, 1.807) is 13.1 Å². The van der Waals surface area contributed by atoms with E-state index in [9.17, 15) is 9.59 Å². The molecule has 0 radical (unpaired) electrons. The number of Topliss-reactive ketones (excluding diaryl/α,β-unsaturated/α-hetero) is 1. The van der Waals surface area contributed by atoms with Crippen molar-refractivity contribution in [1.82, 2.24) is 14.3 Å². The van der Waals surface area contributed by atoms with Crippen LogP contribution in [0.25, 0.3) is 0 Å². The topological polar surface area (TPSA) is 56.9 Å². The van der Waals surface area contributed by atoms with Crippen LogP contribution in [-0.4, -0.2) is 20.1 Å². The van der Waals surface area contributed by atoms with Crippen LogP contribution in [0.1, 0.15) is 10.4 Å². The summed E-state index contributed by atoms with van der Waals surface area (Å²) < 4.78 is 2.37. The van der Waals surface area contributed by atoms with Crippen molar-refractivity contribution in [3.05, 3.63) is 50.6 Å². The summed E-state index contributed by atoms with van der Waals surface area (Å²) in [5.41, 5.74) is -0.0351. The zero-order chi connectivity index (χ0) is 13.3. The van der Waals surface area contributed by atoms with Crippen LogP contribution < -0.4 is 5.69 Å². The van der Waals surface area contributed by atoms with Crippen molar-refractivity contribution in [1.29, 1.82) is 0 Å². The van der Waals surface area contributed by atoms with E-state index in [1.165, 1.54) is 23.0 Å². The van der Waals surface area contributed by atoms with Crippen molar-refractivity contribution in [2.24, 2.45) is 7.05 Å². The number of nitrogens with zero attached hydrogens (tertiary/aromatic N) is 3. The Morgan fingerprint density at radius 1 is 1.39 bits per heavy atom. The van der Waals surface area contributed by atoms with E-state index in [1.807, 2.05) is 0 Å². The van der Waals surface area contributed by atoms with Gasteiger partial charge in [0.15, 0.2) is 5.78 Å². The first-order valence-electron chi connectivity index (χ1n) is 5.05. The van der Waals surface area contributed by atoms with Gasteiger partial charge in [0, 0.05) is 17.6 Å². The second-order valence-electron chi connectivity index (χ2n) is 3.73. The molecule has 0 amide bonds. The summed E-state index contributed by atoms with van der Waals surface area (Å²) in [6.45, 7) is -0.152. The molecule has 0 aliphatic carbocycles. The number of aryl methyl sites for hydroxylation is 1. The molecule has 7 heteroatoms. The van der Waals surface area contributed by atoms with Crippen molar-refractivity contribution in [2.45, 2.75) is 6.54 Å². The molecule has 18 heavy (non-hydrogen) atoms. The minimum atomic E-state index is -0.353. The standard InChI is InChI=1S/C11H9Cl2N3O2/c1-15-6-14-16(11(15)18)5-10(17)8-3-2-7(12)4-9(8)13/h2-4,6H,5H2,1H3. The predicted molar refractivity (Wildman–Crippen MR) is 68.3 cm³/mol. The fourth-order valence-electron chi connectivity index (χ4n) is 1.47. The smallest absolute Gasteiger partial charge is 0.292 e. The van der Waals surface area contributed by atoms with Gasteiger partial charge in [-0.1, -0.05) is 23.2 Å². The van der Waals surface area contributed by atoms with Gasteiger partial charge in [-0.3, -0.25) is 9.36 Å². The van der Waals surface area contributed by atoms with Gasteiger partial charge in [-0.25, -0.2) is 9.48 Å². The molecule has 0 saturated heterocycles. The number of ketones is 1. The number of halogens is 2. The second kappa shape index (κ2) is 4.96. The third kappa shape index (κ3) is 2.47. The first-order chi connectivity index (χ1) is 8.49. The molecule has 0 aliphatic rings. The molecule has 0 aliphatic heterocycles. The monoisotopic (exact) mass is 285 g/mol. The number of rotatable bonds is 3. The van der Waals surface area contributed by atoms with Gasteiger partial charge in [0.2, 0.25) is 0 Å². The predicted octanol–water partition coefficient (Wildman–Crippen LogP) is 1.77.